The van der Waals surface area contributed by atoms with Crippen LogP contribution >= 0.6 is 0 Å². The lowest BCUT2D eigenvalue weighted by Crippen LogP contribution is -2.63. The molecular weight excluding hydrogens is 564 g/mol. The van der Waals surface area contributed by atoms with Gasteiger partial charge in [0.2, 0.25) is 0 Å². The van der Waals surface area contributed by atoms with Crippen molar-refractivity contribution in [1.29, 1.82) is 0 Å². The normalized spacial score (nSPS) is 27.4. The van der Waals surface area contributed by atoms with Crippen molar-refractivity contribution in [3.63, 3.8) is 0 Å². The van der Waals surface area contributed by atoms with Crippen molar-refractivity contribution in [2.24, 2.45) is 0 Å². The highest BCUT2D eigenvalue weighted by Gasteiger charge is 2.40. The van der Waals surface area contributed by atoms with Gasteiger partial charge in [-0.2, -0.15) is 0 Å². The summed E-state index contributed by atoms with van der Waals surface area (Å²) in [5.41, 5.74) is 3.22. The Morgan fingerprint density at radius 3 is 2.51 bits per heavy atom. The first-order chi connectivity index (χ1) is 20.5. The Hall–Kier alpha value is -3.04. The summed E-state index contributed by atoms with van der Waals surface area (Å²) >= 11 is 0. The van der Waals surface area contributed by atoms with Crippen LogP contribution in [0.5, 0.6) is 0 Å². The number of morpholine rings is 1. The molecule has 0 spiro atoms. The number of anilines is 1. The SMILES string of the molecule is CC/C1=C(/C(=O)Nc2cc(F)c(F)cn2)C(CC)OCCC(C(=O)NN2CCOC(C)C2C)N(N(C)CNC2CC2)C1=O. The van der Waals surface area contributed by atoms with Gasteiger partial charge in [0.25, 0.3) is 17.7 Å². The molecular formula is C29H43F2N7O5. The van der Waals surface area contributed by atoms with Crippen molar-refractivity contribution in [1.82, 2.24) is 30.8 Å². The third kappa shape index (κ3) is 7.92. The number of nitrogens with zero attached hydrogens (tertiary/aromatic N) is 4. The molecule has 1 saturated heterocycles. The second-order valence-corrected chi connectivity index (χ2v) is 11.2. The van der Waals surface area contributed by atoms with E-state index in [-0.39, 0.29) is 54.5 Å². The van der Waals surface area contributed by atoms with Crippen LogP contribution in [0, 0.1) is 11.6 Å². The standard InChI is InChI=1S/C29H43F2N7O5/c1-6-20-26(28(40)34-25-14-21(30)22(31)15-32-25)24(7-2)43-12-10-23(27(39)35-37-11-13-42-18(4)17(37)3)38(29(20)41)36(5)16-33-19-8-9-19/h14-15,17-19,23-24,33H,6-13,16H2,1-5H3,(H,35,39)(H,32,34,40)/b26-20-. The lowest BCUT2D eigenvalue weighted by atomic mass is 9.96. The van der Waals surface area contributed by atoms with Gasteiger partial charge in [-0.3, -0.25) is 24.8 Å². The molecule has 1 aromatic rings. The highest BCUT2D eigenvalue weighted by Crippen LogP contribution is 2.27. The van der Waals surface area contributed by atoms with E-state index in [0.717, 1.165) is 18.9 Å². The van der Waals surface area contributed by atoms with E-state index in [9.17, 15) is 23.2 Å². The number of hydrogen-bond donors (Lipinski definition) is 3. The number of amides is 3. The molecule has 238 valence electrons. The smallest absolute Gasteiger partial charge is 0.265 e. The van der Waals surface area contributed by atoms with E-state index in [1.165, 1.54) is 5.01 Å². The maximum absolute atomic E-state index is 14.5. The molecule has 0 radical (unpaired) electrons. The van der Waals surface area contributed by atoms with Crippen molar-refractivity contribution in [2.75, 3.05) is 38.8 Å². The zero-order valence-corrected chi connectivity index (χ0v) is 25.5. The minimum absolute atomic E-state index is 0.0618. The quantitative estimate of drug-likeness (QED) is 0.343. The number of pyridine rings is 1. The van der Waals surface area contributed by atoms with Crippen molar-refractivity contribution in [3.05, 3.63) is 35.0 Å². The lowest BCUT2D eigenvalue weighted by molar-refractivity contribution is -0.162. The molecule has 3 amide bonds. The van der Waals surface area contributed by atoms with Gasteiger partial charge in [-0.25, -0.2) is 23.8 Å². The number of hydrogen-bond acceptors (Lipinski definition) is 9. The van der Waals surface area contributed by atoms with Gasteiger partial charge >= 0.3 is 0 Å². The molecule has 2 aliphatic heterocycles. The Bertz CT molecular complexity index is 1210. The van der Waals surface area contributed by atoms with Gasteiger partial charge in [0.1, 0.15) is 11.9 Å². The van der Waals surface area contributed by atoms with Gasteiger partial charge in [-0.1, -0.05) is 13.8 Å². The highest BCUT2D eigenvalue weighted by molar-refractivity contribution is 6.10. The number of aromatic nitrogens is 1. The van der Waals surface area contributed by atoms with E-state index in [1.807, 2.05) is 25.8 Å². The summed E-state index contributed by atoms with van der Waals surface area (Å²) in [7, 11) is 1.72. The fourth-order valence-electron chi connectivity index (χ4n) is 5.30. The molecule has 4 unspecified atom stereocenters. The second kappa shape index (κ2) is 14.6. The van der Waals surface area contributed by atoms with Gasteiger partial charge in [0.15, 0.2) is 11.6 Å². The summed E-state index contributed by atoms with van der Waals surface area (Å²) in [4.78, 5) is 45.8. The average molecular weight is 608 g/mol. The molecule has 3 N–H and O–H groups in total. The summed E-state index contributed by atoms with van der Waals surface area (Å²) in [5, 5.41) is 10.8. The van der Waals surface area contributed by atoms with Gasteiger partial charge in [0, 0.05) is 44.3 Å². The first kappa shape index (κ1) is 32.9. The van der Waals surface area contributed by atoms with E-state index in [4.69, 9.17) is 9.47 Å². The molecule has 4 rings (SSSR count). The van der Waals surface area contributed by atoms with Crippen LogP contribution < -0.4 is 16.1 Å². The van der Waals surface area contributed by atoms with E-state index in [0.29, 0.717) is 38.5 Å². The average Bonchev–Trinajstić information content (AvgIpc) is 3.80. The molecule has 1 saturated carbocycles. The van der Waals surface area contributed by atoms with E-state index >= 15 is 0 Å². The molecule has 1 aromatic heterocycles. The maximum atomic E-state index is 14.5. The Balaban J connectivity index is 1.70. The van der Waals surface area contributed by atoms with Gasteiger partial charge in [0.05, 0.1) is 43.3 Å². The van der Waals surface area contributed by atoms with Gasteiger partial charge in [-0.05, 0) is 39.5 Å². The van der Waals surface area contributed by atoms with E-state index < -0.39 is 35.6 Å². The Kier molecular flexibility index (Phi) is 11.2. The molecule has 3 aliphatic rings. The Labute approximate surface area is 251 Å². The number of carbonyl (C=O) groups excluding carboxylic acids is 3. The Morgan fingerprint density at radius 2 is 1.86 bits per heavy atom. The molecule has 4 atom stereocenters. The van der Waals surface area contributed by atoms with Crippen molar-refractivity contribution < 1.29 is 32.6 Å². The minimum atomic E-state index is -1.17. The summed E-state index contributed by atoms with van der Waals surface area (Å²) in [6.45, 7) is 8.80. The minimum Gasteiger partial charge on any atom is -0.375 e. The first-order valence-corrected chi connectivity index (χ1v) is 15.0. The topological polar surface area (TPSA) is 128 Å². The maximum Gasteiger partial charge on any atom is 0.265 e. The number of hydrazine groups is 2. The summed E-state index contributed by atoms with van der Waals surface area (Å²) in [5.74, 6) is -4.13. The van der Waals surface area contributed by atoms with Gasteiger partial charge < -0.3 is 20.1 Å². The molecule has 0 aromatic carbocycles. The molecule has 1 aliphatic carbocycles. The van der Waals surface area contributed by atoms with Gasteiger partial charge in [-0.15, -0.1) is 0 Å². The van der Waals surface area contributed by atoms with Crippen molar-refractivity contribution in [2.45, 2.75) is 90.1 Å². The molecule has 2 fully saturated rings. The third-order valence-corrected chi connectivity index (χ3v) is 8.13. The molecule has 43 heavy (non-hydrogen) atoms. The number of carbonyl (C=O) groups is 3. The number of rotatable bonds is 10. The summed E-state index contributed by atoms with van der Waals surface area (Å²) < 4.78 is 39.2. The van der Waals surface area contributed by atoms with Crippen LogP contribution in [-0.4, -0.2) is 102 Å². The van der Waals surface area contributed by atoms with E-state index in [2.05, 4.69) is 21.0 Å². The molecule has 14 heteroatoms. The second-order valence-electron chi connectivity index (χ2n) is 11.2. The molecule has 0 bridgehead atoms. The van der Waals surface area contributed by atoms with Crippen LogP contribution in [0.2, 0.25) is 0 Å². The summed E-state index contributed by atoms with van der Waals surface area (Å²) in [6.07, 6.45) is 2.54. The van der Waals surface area contributed by atoms with Crippen molar-refractivity contribution in [3.8, 4) is 0 Å². The van der Waals surface area contributed by atoms with Crippen LogP contribution in [0.3, 0.4) is 0 Å². The van der Waals surface area contributed by atoms with E-state index in [1.54, 1.807) is 19.0 Å². The first-order valence-electron chi connectivity index (χ1n) is 15.0. The number of ether oxygens (including phenoxy) is 2. The predicted molar refractivity (Wildman–Crippen MR) is 154 cm³/mol. The van der Waals surface area contributed by atoms with Crippen LogP contribution in [0.25, 0.3) is 0 Å². The Morgan fingerprint density at radius 1 is 1.12 bits per heavy atom. The fourth-order valence-corrected chi connectivity index (χ4v) is 5.30. The van der Waals surface area contributed by atoms with Crippen LogP contribution in [0.15, 0.2) is 23.4 Å². The third-order valence-electron chi connectivity index (χ3n) is 8.13. The largest absolute Gasteiger partial charge is 0.375 e. The lowest BCUT2D eigenvalue weighted by Gasteiger charge is -2.41. The van der Waals surface area contributed by atoms with Crippen LogP contribution in [0.1, 0.15) is 59.8 Å². The number of nitrogens with one attached hydrogen (secondary N) is 3. The summed E-state index contributed by atoms with van der Waals surface area (Å²) in [6, 6.07) is 0.0880. The zero-order valence-electron chi connectivity index (χ0n) is 25.5. The monoisotopic (exact) mass is 607 g/mol. The number of halogens is 2. The molecule has 12 nitrogen and oxygen atoms in total. The van der Waals surface area contributed by atoms with Crippen molar-refractivity contribution >= 4 is 23.5 Å². The predicted octanol–water partition coefficient (Wildman–Crippen LogP) is 2.10. The van der Waals surface area contributed by atoms with Crippen LogP contribution in [-0.2, 0) is 23.9 Å². The van der Waals surface area contributed by atoms with Crippen LogP contribution in [0.4, 0.5) is 14.6 Å². The molecule has 3 heterocycles. The highest BCUT2D eigenvalue weighted by atomic mass is 19.2. The fraction of sp³-hybridized carbons (Fsp3) is 0.655. The zero-order chi connectivity index (χ0) is 31.3.